The van der Waals surface area contributed by atoms with Gasteiger partial charge in [0, 0.05) is 19.5 Å². The van der Waals surface area contributed by atoms with Crippen LogP contribution in [0.1, 0.15) is 56.9 Å². The van der Waals surface area contributed by atoms with Gasteiger partial charge in [0.1, 0.15) is 18.1 Å². The van der Waals surface area contributed by atoms with E-state index in [1.165, 1.54) is 37.7 Å². The number of hydrogen-bond acceptors (Lipinski definition) is 5. The Labute approximate surface area is 166 Å². The Kier molecular flexibility index (Phi) is 7.97. The number of carbonyl (C=O) groups excluding carboxylic acids is 1. The number of imidazole rings is 1. The maximum absolute atomic E-state index is 10.3. The van der Waals surface area contributed by atoms with Crippen LogP contribution in [0.25, 0.3) is 11.2 Å². The first-order valence-electron chi connectivity index (χ1n) is 10.3. The summed E-state index contributed by atoms with van der Waals surface area (Å²) in [6.07, 6.45) is 13.4. The molecule has 1 N–H and O–H groups in total. The number of hydrogen-bond donors (Lipinski definition) is 1. The predicted octanol–water partition coefficient (Wildman–Crippen LogP) is 4.76. The van der Waals surface area contributed by atoms with Crippen LogP contribution in [0, 0.1) is 0 Å². The summed E-state index contributed by atoms with van der Waals surface area (Å²) < 4.78 is 2.12. The van der Waals surface area contributed by atoms with Gasteiger partial charge in [-0.1, -0.05) is 62.4 Å². The lowest BCUT2D eigenvalue weighted by Gasteiger charge is -2.07. The van der Waals surface area contributed by atoms with E-state index in [4.69, 9.17) is 0 Å². The Hall–Kier alpha value is -2.76. The molecule has 0 spiro atoms. The van der Waals surface area contributed by atoms with Crippen LogP contribution in [0.4, 0.5) is 5.82 Å². The molecule has 0 radical (unpaired) electrons. The number of nitrogens with zero attached hydrogens (tertiary/aromatic N) is 4. The van der Waals surface area contributed by atoms with Crippen molar-refractivity contribution >= 4 is 23.3 Å². The molecule has 148 valence electrons. The Balaban J connectivity index is 1.45. The van der Waals surface area contributed by atoms with Gasteiger partial charge in [0.05, 0.1) is 6.33 Å². The molecule has 3 rings (SSSR count). The zero-order chi connectivity index (χ0) is 19.4. The van der Waals surface area contributed by atoms with E-state index < -0.39 is 0 Å². The van der Waals surface area contributed by atoms with Crippen molar-refractivity contribution in [3.05, 3.63) is 48.5 Å². The van der Waals surface area contributed by atoms with Crippen molar-refractivity contribution in [1.82, 2.24) is 19.5 Å². The summed E-state index contributed by atoms with van der Waals surface area (Å²) in [5.74, 6) is 0.780. The number of anilines is 1. The van der Waals surface area contributed by atoms with Crippen molar-refractivity contribution in [3.63, 3.8) is 0 Å². The molecule has 0 aliphatic heterocycles. The normalized spacial score (nSPS) is 11.0. The van der Waals surface area contributed by atoms with Gasteiger partial charge < -0.3 is 14.7 Å². The molecule has 0 aliphatic carbocycles. The van der Waals surface area contributed by atoms with Crippen LogP contribution in [0.3, 0.4) is 0 Å². The minimum atomic E-state index is 0.706. The number of nitrogens with one attached hydrogen (secondary N) is 1. The summed E-state index contributed by atoms with van der Waals surface area (Å²) in [4.78, 5) is 23.6. The number of carbonyl (C=O) groups is 1. The fourth-order valence-corrected chi connectivity index (χ4v) is 3.35. The standard InChI is InChI=1S/C22H29N5O/c28-15-11-6-4-2-1-3-5-10-14-27-18-26-20-21(24-17-25-22(20)27)23-16-19-12-8-7-9-13-19/h7-9,12-13,15,17-18H,1-6,10-11,14,16H2,(H,23,24,25). The quantitative estimate of drug-likeness (QED) is 0.342. The minimum absolute atomic E-state index is 0.706. The highest BCUT2D eigenvalue weighted by molar-refractivity contribution is 5.82. The molecule has 0 unspecified atom stereocenters. The maximum Gasteiger partial charge on any atom is 0.165 e. The largest absolute Gasteiger partial charge is 0.364 e. The lowest BCUT2D eigenvalue weighted by atomic mass is 10.1. The molecule has 0 fully saturated rings. The molecule has 1 aromatic carbocycles. The molecular formula is C22H29N5O. The second-order valence-corrected chi connectivity index (χ2v) is 7.10. The van der Waals surface area contributed by atoms with Gasteiger partial charge in [0.15, 0.2) is 11.5 Å². The van der Waals surface area contributed by atoms with Crippen LogP contribution in [-0.4, -0.2) is 25.8 Å². The van der Waals surface area contributed by atoms with Gasteiger partial charge in [-0.3, -0.25) is 0 Å². The van der Waals surface area contributed by atoms with Crippen LogP contribution in [0.2, 0.25) is 0 Å². The maximum atomic E-state index is 10.3. The fourth-order valence-electron chi connectivity index (χ4n) is 3.35. The van der Waals surface area contributed by atoms with Gasteiger partial charge in [0.25, 0.3) is 0 Å². The zero-order valence-corrected chi connectivity index (χ0v) is 16.4. The van der Waals surface area contributed by atoms with Crippen LogP contribution in [-0.2, 0) is 17.9 Å². The molecule has 0 saturated heterocycles. The SMILES string of the molecule is O=CCCCCCCCCCn1cnc2c(NCc3ccccc3)ncnc21. The molecule has 0 saturated carbocycles. The highest BCUT2D eigenvalue weighted by Crippen LogP contribution is 2.19. The average molecular weight is 380 g/mol. The summed E-state index contributed by atoms with van der Waals surface area (Å²) in [6.45, 7) is 1.64. The Morgan fingerprint density at radius 1 is 0.893 bits per heavy atom. The topological polar surface area (TPSA) is 72.7 Å². The lowest BCUT2D eigenvalue weighted by molar-refractivity contribution is -0.107. The van der Waals surface area contributed by atoms with Crippen molar-refractivity contribution in [2.75, 3.05) is 5.32 Å². The second kappa shape index (κ2) is 11.2. The van der Waals surface area contributed by atoms with Crippen LogP contribution < -0.4 is 5.32 Å². The number of fused-ring (bicyclic) bond motifs is 1. The van der Waals surface area contributed by atoms with Crippen LogP contribution in [0.5, 0.6) is 0 Å². The number of aldehydes is 1. The van der Waals surface area contributed by atoms with Crippen molar-refractivity contribution in [3.8, 4) is 0 Å². The van der Waals surface area contributed by atoms with E-state index >= 15 is 0 Å². The van der Waals surface area contributed by atoms with E-state index in [-0.39, 0.29) is 0 Å². The highest BCUT2D eigenvalue weighted by Gasteiger charge is 2.09. The molecule has 28 heavy (non-hydrogen) atoms. The summed E-state index contributed by atoms with van der Waals surface area (Å²) in [5.41, 5.74) is 2.92. The first-order valence-corrected chi connectivity index (χ1v) is 10.3. The van der Waals surface area contributed by atoms with Crippen LogP contribution in [0.15, 0.2) is 43.0 Å². The average Bonchev–Trinajstić information content (AvgIpc) is 3.15. The number of aromatic nitrogens is 4. The van der Waals surface area contributed by atoms with E-state index in [0.29, 0.717) is 13.0 Å². The van der Waals surface area contributed by atoms with E-state index in [9.17, 15) is 4.79 Å². The van der Waals surface area contributed by atoms with Gasteiger partial charge in [0.2, 0.25) is 0 Å². The first kappa shape index (κ1) is 20.0. The zero-order valence-electron chi connectivity index (χ0n) is 16.4. The van der Waals surface area contributed by atoms with Crippen molar-refractivity contribution in [2.45, 2.75) is 64.5 Å². The Bertz CT molecular complexity index is 847. The van der Waals surface area contributed by atoms with E-state index in [2.05, 4.69) is 37.0 Å². The summed E-state index contributed by atoms with van der Waals surface area (Å²) >= 11 is 0. The number of aryl methyl sites for hydroxylation is 1. The lowest BCUT2D eigenvalue weighted by Crippen LogP contribution is -2.03. The molecule has 6 nitrogen and oxygen atoms in total. The van der Waals surface area contributed by atoms with Gasteiger partial charge in [-0.2, -0.15) is 0 Å². The molecule has 6 heteroatoms. The third-order valence-electron chi connectivity index (χ3n) is 4.93. The van der Waals surface area contributed by atoms with Crippen LogP contribution >= 0.6 is 0 Å². The number of benzene rings is 1. The summed E-state index contributed by atoms with van der Waals surface area (Å²) in [7, 11) is 0. The Morgan fingerprint density at radius 3 is 2.43 bits per heavy atom. The highest BCUT2D eigenvalue weighted by atomic mass is 16.1. The molecule has 0 amide bonds. The smallest absolute Gasteiger partial charge is 0.165 e. The molecule has 0 aliphatic rings. The molecular weight excluding hydrogens is 350 g/mol. The van der Waals surface area contributed by atoms with E-state index in [0.717, 1.165) is 42.7 Å². The van der Waals surface area contributed by atoms with Gasteiger partial charge >= 0.3 is 0 Å². The third-order valence-corrected chi connectivity index (χ3v) is 4.93. The molecule has 2 heterocycles. The first-order chi connectivity index (χ1) is 13.9. The van der Waals surface area contributed by atoms with Gasteiger partial charge in [-0.15, -0.1) is 0 Å². The van der Waals surface area contributed by atoms with E-state index in [1.54, 1.807) is 6.33 Å². The molecule has 3 aromatic rings. The molecule has 0 atom stereocenters. The van der Waals surface area contributed by atoms with Gasteiger partial charge in [-0.05, 0) is 18.4 Å². The van der Waals surface area contributed by atoms with Gasteiger partial charge in [-0.25, -0.2) is 15.0 Å². The monoisotopic (exact) mass is 379 g/mol. The second-order valence-electron chi connectivity index (χ2n) is 7.10. The molecule has 0 bridgehead atoms. The minimum Gasteiger partial charge on any atom is -0.364 e. The van der Waals surface area contributed by atoms with Crippen molar-refractivity contribution < 1.29 is 4.79 Å². The predicted molar refractivity (Wildman–Crippen MR) is 112 cm³/mol. The number of unbranched alkanes of at least 4 members (excludes halogenated alkanes) is 7. The Morgan fingerprint density at radius 2 is 1.64 bits per heavy atom. The van der Waals surface area contributed by atoms with Crippen molar-refractivity contribution in [2.24, 2.45) is 0 Å². The molecule has 2 aromatic heterocycles. The fraction of sp³-hybridized carbons (Fsp3) is 0.455. The summed E-state index contributed by atoms with van der Waals surface area (Å²) in [6, 6.07) is 10.3. The van der Waals surface area contributed by atoms with E-state index in [1.807, 2.05) is 24.5 Å². The summed E-state index contributed by atoms with van der Waals surface area (Å²) in [5, 5.41) is 3.37. The van der Waals surface area contributed by atoms with Crippen molar-refractivity contribution in [1.29, 1.82) is 0 Å². The number of rotatable bonds is 13. The third kappa shape index (κ3) is 5.87.